The molecule has 0 saturated carbocycles. The van der Waals surface area contributed by atoms with Gasteiger partial charge >= 0.3 is 0 Å². The van der Waals surface area contributed by atoms with E-state index in [1.54, 1.807) is 18.2 Å². The van der Waals surface area contributed by atoms with Gasteiger partial charge in [-0.05, 0) is 43.4 Å². The van der Waals surface area contributed by atoms with E-state index in [0.717, 1.165) is 32.4 Å². The Morgan fingerprint density at radius 2 is 2.15 bits per heavy atom. The van der Waals surface area contributed by atoms with Gasteiger partial charge in [-0.25, -0.2) is 0 Å². The fourth-order valence-corrected chi connectivity index (χ4v) is 4.33. The van der Waals surface area contributed by atoms with Crippen molar-refractivity contribution in [3.05, 3.63) is 40.4 Å². The molecule has 0 unspecified atom stereocenters. The first kappa shape index (κ1) is 19.2. The molecule has 6 heteroatoms. The topological polar surface area (TPSA) is 49.4 Å². The van der Waals surface area contributed by atoms with Gasteiger partial charge in [0.1, 0.15) is 0 Å². The van der Waals surface area contributed by atoms with E-state index < -0.39 is 0 Å². The lowest BCUT2D eigenvalue weighted by Crippen LogP contribution is -2.51. The van der Waals surface area contributed by atoms with Crippen LogP contribution in [0.15, 0.2) is 30.4 Å². The standard InChI is InChI=1S/C20H24Cl2N2O2/c1-2-3-10-24-11-9-13-5-4-6-15(18(13)20(24)26)19(25)23-17-8-7-14(21)12-16(17)22/h4-5,7-8,12-13,15,18H,2-3,6,9-11H2,1H3,(H,23,25)/t13-,15-,18+/m1/s1. The maximum Gasteiger partial charge on any atom is 0.228 e. The Morgan fingerprint density at radius 1 is 1.35 bits per heavy atom. The molecule has 140 valence electrons. The van der Waals surface area contributed by atoms with Crippen LogP contribution in [0.3, 0.4) is 0 Å². The molecule has 3 rings (SSSR count). The van der Waals surface area contributed by atoms with E-state index in [2.05, 4.69) is 18.3 Å². The quantitative estimate of drug-likeness (QED) is 0.730. The van der Waals surface area contributed by atoms with Crippen molar-refractivity contribution >= 4 is 40.7 Å². The third-order valence-corrected chi connectivity index (χ3v) is 5.85. The smallest absolute Gasteiger partial charge is 0.228 e. The molecule has 1 N–H and O–H groups in total. The molecule has 2 aliphatic rings. The lowest BCUT2D eigenvalue weighted by atomic mass is 9.71. The molecule has 2 amide bonds. The first-order valence-electron chi connectivity index (χ1n) is 9.22. The van der Waals surface area contributed by atoms with Crippen LogP contribution in [0.5, 0.6) is 0 Å². The minimum atomic E-state index is -0.367. The summed E-state index contributed by atoms with van der Waals surface area (Å²) in [6.07, 6.45) is 7.68. The van der Waals surface area contributed by atoms with Crippen molar-refractivity contribution in [1.82, 2.24) is 4.90 Å². The number of unbranched alkanes of at least 4 members (excludes halogenated alkanes) is 1. The maximum atomic E-state index is 13.0. The van der Waals surface area contributed by atoms with E-state index in [-0.39, 0.29) is 29.6 Å². The number of allylic oxidation sites excluding steroid dienone is 2. The number of benzene rings is 1. The summed E-state index contributed by atoms with van der Waals surface area (Å²) in [4.78, 5) is 27.9. The van der Waals surface area contributed by atoms with Crippen LogP contribution in [0.1, 0.15) is 32.6 Å². The number of hydrogen-bond donors (Lipinski definition) is 1. The van der Waals surface area contributed by atoms with Gasteiger partial charge in [0.2, 0.25) is 11.8 Å². The summed E-state index contributed by atoms with van der Waals surface area (Å²) >= 11 is 12.1. The van der Waals surface area contributed by atoms with E-state index in [1.165, 1.54) is 0 Å². The van der Waals surface area contributed by atoms with Gasteiger partial charge in [0, 0.05) is 18.1 Å². The van der Waals surface area contributed by atoms with Gasteiger partial charge < -0.3 is 10.2 Å². The van der Waals surface area contributed by atoms with Crippen molar-refractivity contribution in [3.63, 3.8) is 0 Å². The molecule has 0 aromatic heterocycles. The highest BCUT2D eigenvalue weighted by Crippen LogP contribution is 2.38. The number of carbonyl (C=O) groups is 2. The van der Waals surface area contributed by atoms with Crippen LogP contribution in [0.25, 0.3) is 0 Å². The Balaban J connectivity index is 1.76. The van der Waals surface area contributed by atoms with Crippen LogP contribution in [0, 0.1) is 17.8 Å². The highest BCUT2D eigenvalue weighted by Gasteiger charge is 2.44. The van der Waals surface area contributed by atoms with E-state index >= 15 is 0 Å². The van der Waals surface area contributed by atoms with E-state index in [4.69, 9.17) is 23.2 Å². The van der Waals surface area contributed by atoms with Gasteiger partial charge in [0.15, 0.2) is 0 Å². The number of nitrogens with zero attached hydrogens (tertiary/aromatic N) is 1. The number of rotatable bonds is 5. The zero-order chi connectivity index (χ0) is 18.7. The van der Waals surface area contributed by atoms with Crippen molar-refractivity contribution in [3.8, 4) is 0 Å². The SMILES string of the molecule is CCCCN1CC[C@H]2C=CC[C@@H](C(=O)Nc3ccc(Cl)cc3Cl)[C@H]2C1=O. The number of amides is 2. The number of likely N-dealkylation sites (tertiary alicyclic amines) is 1. The molecule has 0 radical (unpaired) electrons. The van der Waals surface area contributed by atoms with Crippen LogP contribution in [-0.4, -0.2) is 29.8 Å². The van der Waals surface area contributed by atoms with Gasteiger partial charge in [-0.1, -0.05) is 48.7 Å². The van der Waals surface area contributed by atoms with Crippen molar-refractivity contribution in [1.29, 1.82) is 0 Å². The highest BCUT2D eigenvalue weighted by molar-refractivity contribution is 6.36. The monoisotopic (exact) mass is 394 g/mol. The van der Waals surface area contributed by atoms with Crippen LogP contribution >= 0.6 is 23.2 Å². The summed E-state index contributed by atoms with van der Waals surface area (Å²) in [7, 11) is 0. The Bertz CT molecular complexity index is 720. The van der Waals surface area contributed by atoms with Crippen molar-refractivity contribution in [2.75, 3.05) is 18.4 Å². The van der Waals surface area contributed by atoms with E-state index in [1.807, 2.05) is 11.0 Å². The Kier molecular flexibility index (Phi) is 6.25. The number of halogens is 2. The van der Waals surface area contributed by atoms with Gasteiger partial charge in [-0.2, -0.15) is 0 Å². The van der Waals surface area contributed by atoms with Crippen molar-refractivity contribution in [2.24, 2.45) is 17.8 Å². The van der Waals surface area contributed by atoms with Gasteiger partial charge in [-0.15, -0.1) is 0 Å². The summed E-state index contributed by atoms with van der Waals surface area (Å²) in [5, 5.41) is 3.80. The fourth-order valence-electron chi connectivity index (χ4n) is 3.88. The number of hydrogen-bond acceptors (Lipinski definition) is 2. The zero-order valence-corrected chi connectivity index (χ0v) is 16.4. The Hall–Kier alpha value is -1.52. The number of carbonyl (C=O) groups excluding carboxylic acids is 2. The fraction of sp³-hybridized carbons (Fsp3) is 0.500. The predicted molar refractivity (Wildman–Crippen MR) is 105 cm³/mol. The molecule has 3 atom stereocenters. The molecule has 1 heterocycles. The van der Waals surface area contributed by atoms with Crippen LogP contribution in [-0.2, 0) is 9.59 Å². The highest BCUT2D eigenvalue weighted by atomic mass is 35.5. The van der Waals surface area contributed by atoms with E-state index in [0.29, 0.717) is 22.2 Å². The molecule has 1 aromatic carbocycles. The Labute approximate surface area is 164 Å². The minimum absolute atomic E-state index is 0.112. The lowest BCUT2D eigenvalue weighted by molar-refractivity contribution is -0.146. The number of nitrogens with one attached hydrogen (secondary N) is 1. The maximum absolute atomic E-state index is 13.0. The molecule has 0 spiro atoms. The van der Waals surface area contributed by atoms with Gasteiger partial charge in [0.25, 0.3) is 0 Å². The number of anilines is 1. The number of piperidine rings is 1. The zero-order valence-electron chi connectivity index (χ0n) is 14.9. The molecule has 4 nitrogen and oxygen atoms in total. The Morgan fingerprint density at radius 3 is 2.88 bits per heavy atom. The lowest BCUT2D eigenvalue weighted by Gasteiger charge is -2.41. The predicted octanol–water partition coefficient (Wildman–Crippen LogP) is 4.77. The molecule has 1 aliphatic heterocycles. The second-order valence-electron chi connectivity index (χ2n) is 7.04. The first-order chi connectivity index (χ1) is 12.5. The molecule has 26 heavy (non-hydrogen) atoms. The number of fused-ring (bicyclic) bond motifs is 1. The summed E-state index contributed by atoms with van der Waals surface area (Å²) in [5.74, 6) is -0.545. The summed E-state index contributed by atoms with van der Waals surface area (Å²) < 4.78 is 0. The second-order valence-corrected chi connectivity index (χ2v) is 7.88. The molecule has 1 fully saturated rings. The first-order valence-corrected chi connectivity index (χ1v) is 9.98. The molecule has 1 aliphatic carbocycles. The van der Waals surface area contributed by atoms with Crippen molar-refractivity contribution in [2.45, 2.75) is 32.6 Å². The normalized spacial score (nSPS) is 25.1. The van der Waals surface area contributed by atoms with Crippen molar-refractivity contribution < 1.29 is 9.59 Å². The average molecular weight is 395 g/mol. The molecule has 1 saturated heterocycles. The molecule has 1 aromatic rings. The average Bonchev–Trinajstić information content (AvgIpc) is 2.63. The largest absolute Gasteiger partial charge is 0.342 e. The van der Waals surface area contributed by atoms with Crippen LogP contribution < -0.4 is 5.32 Å². The van der Waals surface area contributed by atoms with Gasteiger partial charge in [0.05, 0.1) is 22.5 Å². The second kappa shape index (κ2) is 8.45. The molecular weight excluding hydrogens is 371 g/mol. The van der Waals surface area contributed by atoms with Crippen LogP contribution in [0.2, 0.25) is 10.0 Å². The molecular formula is C20H24Cl2N2O2. The summed E-state index contributed by atoms with van der Waals surface area (Å²) in [6, 6.07) is 4.97. The summed E-state index contributed by atoms with van der Waals surface area (Å²) in [6.45, 7) is 3.67. The van der Waals surface area contributed by atoms with Gasteiger partial charge in [-0.3, -0.25) is 9.59 Å². The third kappa shape index (κ3) is 4.07. The third-order valence-electron chi connectivity index (χ3n) is 5.30. The molecule has 0 bridgehead atoms. The minimum Gasteiger partial charge on any atom is -0.342 e. The summed E-state index contributed by atoms with van der Waals surface area (Å²) in [5.41, 5.74) is 0.526. The van der Waals surface area contributed by atoms with E-state index in [9.17, 15) is 9.59 Å². The van der Waals surface area contributed by atoms with Crippen LogP contribution in [0.4, 0.5) is 5.69 Å².